The van der Waals surface area contributed by atoms with Crippen LogP contribution in [0.15, 0.2) is 0 Å². The van der Waals surface area contributed by atoms with Gasteiger partial charge in [-0.2, -0.15) is 0 Å². The van der Waals surface area contributed by atoms with E-state index in [1.807, 2.05) is 14.1 Å². The number of ether oxygens (including phenoxy) is 5. The van der Waals surface area contributed by atoms with Gasteiger partial charge in [0.15, 0.2) is 6.29 Å². The van der Waals surface area contributed by atoms with Gasteiger partial charge in [0.1, 0.15) is 24.9 Å². The van der Waals surface area contributed by atoms with Crippen LogP contribution in [0.5, 0.6) is 0 Å². The summed E-state index contributed by atoms with van der Waals surface area (Å²) in [5.74, 6) is -0.184. The van der Waals surface area contributed by atoms with Crippen molar-refractivity contribution in [2.24, 2.45) is 0 Å². The van der Waals surface area contributed by atoms with E-state index in [2.05, 4.69) is 25.7 Å². The van der Waals surface area contributed by atoms with E-state index in [1.54, 1.807) is 0 Å². The van der Waals surface area contributed by atoms with E-state index in [0.717, 1.165) is 32.2 Å². The number of hydrogen-bond acceptors (Lipinski definition) is 7. The molecule has 1 rings (SSSR count). The predicted octanol–water partition coefficient (Wildman–Crippen LogP) is 8.46. The first-order valence-corrected chi connectivity index (χ1v) is 17.8. The standard InChI is InChI=1S/C35H69NO6/c1-6-9-12-15-18-21-27-38-33-31(30-41-32(37)25-24-26-36(4)5)42-35(40-29-23-20-17-14-11-8-3)34(33)39-28-22-19-16-13-10-7-2/h31,33-35H,6-30H2,1-5H3/t31-,33+,34+,35-/m1/s1. The Labute approximate surface area is 260 Å². The van der Waals surface area contributed by atoms with Gasteiger partial charge in [-0.3, -0.25) is 4.79 Å². The first-order chi connectivity index (χ1) is 20.5. The largest absolute Gasteiger partial charge is 0.463 e. The topological polar surface area (TPSA) is 66.5 Å². The van der Waals surface area contributed by atoms with Crippen molar-refractivity contribution in [1.82, 2.24) is 4.90 Å². The molecule has 0 amide bonds. The van der Waals surface area contributed by atoms with Gasteiger partial charge in [0, 0.05) is 26.2 Å². The first-order valence-electron chi connectivity index (χ1n) is 17.8. The van der Waals surface area contributed by atoms with Crippen LogP contribution in [0.25, 0.3) is 0 Å². The van der Waals surface area contributed by atoms with Crippen molar-refractivity contribution in [3.63, 3.8) is 0 Å². The Morgan fingerprint density at radius 1 is 0.595 bits per heavy atom. The molecule has 0 unspecified atom stereocenters. The highest BCUT2D eigenvalue weighted by molar-refractivity contribution is 5.69. The number of esters is 1. The molecule has 1 fully saturated rings. The zero-order chi connectivity index (χ0) is 30.7. The van der Waals surface area contributed by atoms with E-state index < -0.39 is 6.29 Å². The number of carbonyl (C=O) groups is 1. The molecular formula is C35H69NO6. The maximum absolute atomic E-state index is 12.5. The highest BCUT2D eigenvalue weighted by Gasteiger charge is 2.47. The van der Waals surface area contributed by atoms with E-state index in [9.17, 15) is 4.79 Å². The Morgan fingerprint density at radius 3 is 1.55 bits per heavy atom. The van der Waals surface area contributed by atoms with E-state index in [1.165, 1.54) is 96.3 Å². The first kappa shape index (κ1) is 39.3. The second kappa shape index (κ2) is 27.8. The lowest BCUT2D eigenvalue weighted by atomic mass is 10.1. The maximum atomic E-state index is 12.5. The lowest BCUT2D eigenvalue weighted by Gasteiger charge is -2.25. The molecule has 7 nitrogen and oxygen atoms in total. The molecule has 1 aliphatic rings. The molecule has 1 saturated heterocycles. The molecule has 0 aromatic carbocycles. The monoisotopic (exact) mass is 600 g/mol. The Kier molecular flexibility index (Phi) is 26.0. The molecule has 0 aromatic rings. The molecule has 0 N–H and O–H groups in total. The Balaban J connectivity index is 2.74. The highest BCUT2D eigenvalue weighted by atomic mass is 16.7. The van der Waals surface area contributed by atoms with Crippen molar-refractivity contribution in [2.75, 3.05) is 47.1 Å². The molecule has 0 radical (unpaired) electrons. The fraction of sp³-hybridized carbons (Fsp3) is 0.971. The van der Waals surface area contributed by atoms with Gasteiger partial charge in [-0.1, -0.05) is 117 Å². The zero-order valence-corrected chi connectivity index (χ0v) is 28.4. The van der Waals surface area contributed by atoms with Crippen LogP contribution in [0.1, 0.15) is 149 Å². The summed E-state index contributed by atoms with van der Waals surface area (Å²) in [6.45, 7) is 9.76. The van der Waals surface area contributed by atoms with Gasteiger partial charge in [0.05, 0.1) is 0 Å². The summed E-state index contributed by atoms with van der Waals surface area (Å²) in [6, 6.07) is 0. The van der Waals surface area contributed by atoms with E-state index in [4.69, 9.17) is 23.7 Å². The van der Waals surface area contributed by atoms with Crippen molar-refractivity contribution in [2.45, 2.75) is 174 Å². The highest BCUT2D eigenvalue weighted by Crippen LogP contribution is 2.29. The minimum absolute atomic E-state index is 0.176. The third-order valence-corrected chi connectivity index (χ3v) is 8.06. The number of unbranched alkanes of at least 4 members (excludes halogenated alkanes) is 15. The lowest BCUT2D eigenvalue weighted by molar-refractivity contribution is -0.184. The van der Waals surface area contributed by atoms with Crippen LogP contribution in [0, 0.1) is 0 Å². The summed E-state index contributed by atoms with van der Waals surface area (Å²) in [7, 11) is 4.03. The quantitative estimate of drug-likeness (QED) is 0.0606. The molecule has 0 aromatic heterocycles. The maximum Gasteiger partial charge on any atom is 0.305 e. The normalized spacial score (nSPS) is 20.5. The lowest BCUT2D eigenvalue weighted by Crippen LogP contribution is -2.40. The van der Waals surface area contributed by atoms with Crippen LogP contribution in [0.3, 0.4) is 0 Å². The van der Waals surface area contributed by atoms with Crippen LogP contribution in [-0.2, 0) is 28.5 Å². The van der Waals surface area contributed by atoms with Gasteiger partial charge in [-0.25, -0.2) is 0 Å². The zero-order valence-electron chi connectivity index (χ0n) is 28.4. The van der Waals surface area contributed by atoms with Gasteiger partial charge < -0.3 is 28.6 Å². The smallest absolute Gasteiger partial charge is 0.305 e. The van der Waals surface area contributed by atoms with Crippen molar-refractivity contribution < 1.29 is 28.5 Å². The predicted molar refractivity (Wildman–Crippen MR) is 173 cm³/mol. The van der Waals surface area contributed by atoms with Crippen molar-refractivity contribution in [1.29, 1.82) is 0 Å². The van der Waals surface area contributed by atoms with Gasteiger partial charge >= 0.3 is 5.97 Å². The van der Waals surface area contributed by atoms with Gasteiger partial charge in [-0.05, 0) is 46.3 Å². The summed E-state index contributed by atoms with van der Waals surface area (Å²) < 4.78 is 31.3. The van der Waals surface area contributed by atoms with Crippen LogP contribution in [0.4, 0.5) is 0 Å². The van der Waals surface area contributed by atoms with Crippen LogP contribution in [0.2, 0.25) is 0 Å². The van der Waals surface area contributed by atoms with Gasteiger partial charge in [0.25, 0.3) is 0 Å². The summed E-state index contributed by atoms with van der Waals surface area (Å²) in [5, 5.41) is 0. The van der Waals surface area contributed by atoms with Gasteiger partial charge in [0.2, 0.25) is 0 Å². The molecule has 0 aliphatic carbocycles. The molecule has 7 heteroatoms. The Bertz CT molecular complexity index is 604. The summed E-state index contributed by atoms with van der Waals surface area (Å²) in [4.78, 5) is 14.6. The average molecular weight is 600 g/mol. The average Bonchev–Trinajstić information content (AvgIpc) is 3.30. The Hall–Kier alpha value is -0.730. The third kappa shape index (κ3) is 20.3. The van der Waals surface area contributed by atoms with Crippen LogP contribution >= 0.6 is 0 Å². The van der Waals surface area contributed by atoms with E-state index in [-0.39, 0.29) is 30.9 Å². The number of carbonyl (C=O) groups excluding carboxylic acids is 1. The minimum Gasteiger partial charge on any atom is -0.463 e. The molecule has 0 spiro atoms. The second-order valence-corrected chi connectivity index (χ2v) is 12.5. The summed E-state index contributed by atoms with van der Waals surface area (Å²) in [5.41, 5.74) is 0. The van der Waals surface area contributed by atoms with Crippen LogP contribution in [-0.4, -0.2) is 82.5 Å². The second-order valence-electron chi connectivity index (χ2n) is 12.5. The molecule has 4 atom stereocenters. The molecule has 250 valence electrons. The summed E-state index contributed by atoms with van der Waals surface area (Å²) in [6.07, 6.45) is 21.5. The Morgan fingerprint density at radius 2 is 1.05 bits per heavy atom. The van der Waals surface area contributed by atoms with Crippen molar-refractivity contribution in [3.05, 3.63) is 0 Å². The molecular weight excluding hydrogens is 530 g/mol. The number of nitrogens with zero attached hydrogens (tertiary/aromatic N) is 1. The fourth-order valence-corrected chi connectivity index (χ4v) is 5.41. The third-order valence-electron chi connectivity index (χ3n) is 8.06. The summed E-state index contributed by atoms with van der Waals surface area (Å²) >= 11 is 0. The van der Waals surface area contributed by atoms with E-state index in [0.29, 0.717) is 26.2 Å². The molecule has 1 aliphatic heterocycles. The molecule has 0 saturated carbocycles. The van der Waals surface area contributed by atoms with Crippen LogP contribution < -0.4 is 0 Å². The number of hydrogen-bond donors (Lipinski definition) is 0. The minimum atomic E-state index is -0.493. The van der Waals surface area contributed by atoms with Crippen molar-refractivity contribution >= 4 is 5.97 Å². The number of rotatable bonds is 30. The van der Waals surface area contributed by atoms with Crippen molar-refractivity contribution in [3.8, 4) is 0 Å². The molecule has 1 heterocycles. The fourth-order valence-electron chi connectivity index (χ4n) is 5.41. The molecule has 42 heavy (non-hydrogen) atoms. The van der Waals surface area contributed by atoms with E-state index >= 15 is 0 Å². The molecule has 0 bridgehead atoms. The SMILES string of the molecule is CCCCCCCCO[C@@H]1O[C@H](COC(=O)CCCN(C)C)[C@H](OCCCCCCCC)[C@@H]1OCCCCCCCC. The van der Waals surface area contributed by atoms with Gasteiger partial charge in [-0.15, -0.1) is 0 Å².